The van der Waals surface area contributed by atoms with Crippen molar-refractivity contribution in [2.75, 3.05) is 92.4 Å². The van der Waals surface area contributed by atoms with E-state index in [1.807, 2.05) is 0 Å². The molecule has 2 fully saturated rings. The number of ether oxygens (including phenoxy) is 8. The number of aliphatic hydroxyl groups is 6. The quantitative estimate of drug-likeness (QED) is 0.0426. The highest BCUT2D eigenvalue weighted by Gasteiger charge is 2.45. The summed E-state index contributed by atoms with van der Waals surface area (Å²) in [5.74, 6) is -0.781. The Morgan fingerprint density at radius 2 is 1.08 bits per heavy atom. The van der Waals surface area contributed by atoms with Gasteiger partial charge in [0.2, 0.25) is 11.8 Å². The molecular formula is C29H55N3O16. The molecule has 0 bridgehead atoms. The van der Waals surface area contributed by atoms with E-state index in [-0.39, 0.29) is 38.8 Å². The summed E-state index contributed by atoms with van der Waals surface area (Å²) < 4.78 is 44.3. The lowest BCUT2D eigenvalue weighted by atomic mass is 9.97. The van der Waals surface area contributed by atoms with E-state index in [1.165, 1.54) is 13.8 Å². The van der Waals surface area contributed by atoms with Gasteiger partial charge >= 0.3 is 0 Å². The first-order valence-corrected chi connectivity index (χ1v) is 16.1. The van der Waals surface area contributed by atoms with Crippen molar-refractivity contribution < 1.29 is 78.1 Å². The van der Waals surface area contributed by atoms with Gasteiger partial charge in [0, 0.05) is 33.4 Å². The summed E-state index contributed by atoms with van der Waals surface area (Å²) in [4.78, 5) is 23.0. The highest BCUT2D eigenvalue weighted by molar-refractivity contribution is 5.73. The summed E-state index contributed by atoms with van der Waals surface area (Å²) in [5, 5.41) is 67.7. The zero-order valence-corrected chi connectivity index (χ0v) is 27.6. The van der Waals surface area contributed by atoms with Crippen molar-refractivity contribution in [1.82, 2.24) is 16.0 Å². The molecule has 5 unspecified atom stereocenters. The number of hydrogen-bond donors (Lipinski definition) is 9. The lowest BCUT2D eigenvalue weighted by molar-refractivity contribution is -0.272. The molecule has 48 heavy (non-hydrogen) atoms. The Kier molecular flexibility index (Phi) is 21.7. The minimum absolute atomic E-state index is 0.00238. The molecule has 19 heteroatoms. The van der Waals surface area contributed by atoms with E-state index in [2.05, 4.69) is 16.0 Å². The Bertz CT molecular complexity index is 878. The van der Waals surface area contributed by atoms with Gasteiger partial charge in [0.25, 0.3) is 0 Å². The number of carbonyl (C=O) groups is 2. The predicted molar refractivity (Wildman–Crippen MR) is 163 cm³/mol. The average Bonchev–Trinajstić information content (AvgIpc) is 3.15. The van der Waals surface area contributed by atoms with E-state index in [0.29, 0.717) is 52.7 Å². The first-order chi connectivity index (χ1) is 23.1. The Hall–Kier alpha value is -1.66. The first-order valence-electron chi connectivity index (χ1n) is 16.1. The van der Waals surface area contributed by atoms with Crippen molar-refractivity contribution in [2.24, 2.45) is 0 Å². The molecule has 2 aliphatic heterocycles. The molecule has 0 spiro atoms. The van der Waals surface area contributed by atoms with Crippen molar-refractivity contribution in [2.45, 2.75) is 81.6 Å². The maximum Gasteiger partial charge on any atom is 0.217 e. The summed E-state index contributed by atoms with van der Waals surface area (Å²) in [6.07, 6.45) is -9.42. The summed E-state index contributed by atoms with van der Waals surface area (Å²) in [6, 6.07) is -1.72. The SMILES string of the molecule is CC(=O)NC1C[C@@H](O)[C@@H](O)C(CO)O[C@H]1OCCOCCOCCNCCOCCOCCO[C@@H]1OC(CO)[C@H](O)C(O)C1NC(C)=O. The smallest absolute Gasteiger partial charge is 0.217 e. The molecule has 0 radical (unpaired) electrons. The second kappa shape index (κ2) is 24.5. The molecule has 282 valence electrons. The Balaban J connectivity index is 1.42. The predicted octanol–water partition coefficient (Wildman–Crippen LogP) is -5.05. The molecule has 0 saturated carbocycles. The second-order valence-corrected chi connectivity index (χ2v) is 11.2. The fourth-order valence-corrected chi connectivity index (χ4v) is 4.92. The molecule has 0 aromatic rings. The van der Waals surface area contributed by atoms with Gasteiger partial charge < -0.3 is 84.5 Å². The zero-order valence-electron chi connectivity index (χ0n) is 27.6. The van der Waals surface area contributed by atoms with E-state index >= 15 is 0 Å². The maximum atomic E-state index is 11.5. The van der Waals surface area contributed by atoms with Gasteiger partial charge in [0.05, 0.1) is 91.4 Å². The highest BCUT2D eigenvalue weighted by Crippen LogP contribution is 2.23. The average molecular weight is 702 g/mol. The van der Waals surface area contributed by atoms with Gasteiger partial charge in [-0.15, -0.1) is 0 Å². The molecule has 0 aliphatic carbocycles. The van der Waals surface area contributed by atoms with Crippen molar-refractivity contribution in [3.8, 4) is 0 Å². The van der Waals surface area contributed by atoms with Crippen molar-refractivity contribution >= 4 is 11.8 Å². The normalized spacial score (nSPS) is 30.9. The Morgan fingerprint density at radius 3 is 1.60 bits per heavy atom. The van der Waals surface area contributed by atoms with Crippen LogP contribution in [0.2, 0.25) is 0 Å². The lowest BCUT2D eigenvalue weighted by Crippen LogP contribution is -2.64. The second-order valence-electron chi connectivity index (χ2n) is 11.2. The highest BCUT2D eigenvalue weighted by atomic mass is 16.7. The number of carbonyl (C=O) groups excluding carboxylic acids is 2. The van der Waals surface area contributed by atoms with Gasteiger partial charge in [0.1, 0.15) is 36.6 Å². The van der Waals surface area contributed by atoms with Crippen molar-refractivity contribution in [3.63, 3.8) is 0 Å². The van der Waals surface area contributed by atoms with Crippen LogP contribution in [0.3, 0.4) is 0 Å². The van der Waals surface area contributed by atoms with E-state index in [4.69, 9.17) is 37.9 Å². The van der Waals surface area contributed by atoms with Crippen LogP contribution in [0.5, 0.6) is 0 Å². The summed E-state index contributed by atoms with van der Waals surface area (Å²) in [7, 11) is 0. The molecule has 2 heterocycles. The molecule has 2 aliphatic rings. The minimum atomic E-state index is -1.38. The lowest BCUT2D eigenvalue weighted by Gasteiger charge is -2.42. The van der Waals surface area contributed by atoms with Crippen LogP contribution in [0.4, 0.5) is 0 Å². The van der Waals surface area contributed by atoms with Gasteiger partial charge in [-0.1, -0.05) is 0 Å². The Morgan fingerprint density at radius 1 is 0.625 bits per heavy atom. The fraction of sp³-hybridized carbons (Fsp3) is 0.931. The number of amides is 2. The molecule has 2 saturated heterocycles. The van der Waals surface area contributed by atoms with Crippen molar-refractivity contribution in [3.05, 3.63) is 0 Å². The molecule has 9 N–H and O–H groups in total. The number of rotatable bonds is 24. The molecular weight excluding hydrogens is 646 g/mol. The molecule has 2 amide bonds. The molecule has 0 aromatic heterocycles. The maximum absolute atomic E-state index is 11.5. The van der Waals surface area contributed by atoms with E-state index in [0.717, 1.165) is 0 Å². The summed E-state index contributed by atoms with van der Waals surface area (Å²) >= 11 is 0. The zero-order chi connectivity index (χ0) is 35.3. The number of hydrogen-bond acceptors (Lipinski definition) is 17. The van der Waals surface area contributed by atoms with Gasteiger partial charge in [-0.2, -0.15) is 0 Å². The number of nitrogens with one attached hydrogen (secondary N) is 3. The standard InChI is InChI=1S/C29H55N3O16/c1-18(35)31-20-15-21(37)25(38)22(16-33)47-28(20)45-13-11-43-9-7-41-5-3-30-4-6-42-8-10-44-12-14-46-29-24(32-19(2)36)27(40)26(39)23(17-34)48-29/h20-30,33-34,37-40H,3-17H2,1-2H3,(H,31,35)(H,32,36)/t20?,21-,22?,23?,24?,25-,26+,27?,28-,29-/m1/s1. The van der Waals surface area contributed by atoms with Crippen LogP contribution in [0.1, 0.15) is 20.3 Å². The van der Waals surface area contributed by atoms with Gasteiger partial charge in [-0.05, 0) is 0 Å². The van der Waals surface area contributed by atoms with Gasteiger partial charge in [-0.3, -0.25) is 9.59 Å². The van der Waals surface area contributed by atoms with Crippen LogP contribution in [0, 0.1) is 0 Å². The van der Waals surface area contributed by atoms with E-state index in [1.54, 1.807) is 0 Å². The third-order valence-electron chi connectivity index (χ3n) is 7.34. The van der Waals surface area contributed by atoms with Crippen LogP contribution in [-0.4, -0.2) is 196 Å². The van der Waals surface area contributed by atoms with Crippen LogP contribution in [-0.2, 0) is 47.5 Å². The molecule has 2 rings (SSSR count). The topological polar surface area (TPSA) is 265 Å². The van der Waals surface area contributed by atoms with Crippen LogP contribution in [0.25, 0.3) is 0 Å². The van der Waals surface area contributed by atoms with Gasteiger partial charge in [-0.25, -0.2) is 0 Å². The van der Waals surface area contributed by atoms with Gasteiger partial charge in [0.15, 0.2) is 12.6 Å². The monoisotopic (exact) mass is 701 g/mol. The summed E-state index contributed by atoms with van der Waals surface area (Å²) in [5.41, 5.74) is 0. The van der Waals surface area contributed by atoms with Crippen LogP contribution in [0.15, 0.2) is 0 Å². The van der Waals surface area contributed by atoms with E-state index < -0.39 is 80.4 Å². The summed E-state index contributed by atoms with van der Waals surface area (Å²) in [6.45, 7) is 5.66. The van der Waals surface area contributed by atoms with E-state index in [9.17, 15) is 40.2 Å². The molecule has 0 aromatic carbocycles. The first kappa shape index (κ1) is 42.5. The van der Waals surface area contributed by atoms with Crippen molar-refractivity contribution in [1.29, 1.82) is 0 Å². The minimum Gasteiger partial charge on any atom is -0.394 e. The molecule has 19 nitrogen and oxygen atoms in total. The Labute approximate surface area is 280 Å². The van der Waals surface area contributed by atoms with Crippen LogP contribution < -0.4 is 16.0 Å². The largest absolute Gasteiger partial charge is 0.394 e. The third-order valence-corrected chi connectivity index (χ3v) is 7.34. The fourth-order valence-electron chi connectivity index (χ4n) is 4.92. The third kappa shape index (κ3) is 15.9. The molecule has 10 atom stereocenters. The number of aliphatic hydroxyl groups excluding tert-OH is 6. The van der Waals surface area contributed by atoms with Crippen LogP contribution >= 0.6 is 0 Å².